The summed E-state index contributed by atoms with van der Waals surface area (Å²) in [5.41, 5.74) is 9.86. The van der Waals surface area contributed by atoms with Crippen LogP contribution < -0.4 is 10.9 Å². The first kappa shape index (κ1) is 20.6. The fraction of sp³-hybridized carbons (Fsp3) is 0.417. The van der Waals surface area contributed by atoms with Crippen LogP contribution in [0.2, 0.25) is 5.82 Å². The van der Waals surface area contributed by atoms with Gasteiger partial charge >= 0.3 is 0 Å². The number of aryl methyl sites for hydroxylation is 4. The Bertz CT molecular complexity index is 691. The van der Waals surface area contributed by atoms with Crippen molar-refractivity contribution >= 4 is 24.7 Å². The first-order valence-electron chi connectivity index (χ1n) is 9.84. The van der Waals surface area contributed by atoms with Gasteiger partial charge in [-0.15, -0.1) is 0 Å². The molecule has 1 atom stereocenters. The Labute approximate surface area is 162 Å². The molecule has 0 saturated carbocycles. The molecule has 0 saturated heterocycles. The summed E-state index contributed by atoms with van der Waals surface area (Å²) in [6, 6.07) is 13.4. The molecule has 0 aromatic heterocycles. The Balaban J connectivity index is 2.65. The third-order valence-electron chi connectivity index (χ3n) is 5.42. The van der Waals surface area contributed by atoms with E-state index < -0.39 is 0 Å². The molecule has 26 heavy (non-hydrogen) atoms. The molecule has 0 heterocycles. The van der Waals surface area contributed by atoms with Crippen LogP contribution in [0.25, 0.3) is 0 Å². The molecule has 0 bridgehead atoms. The van der Waals surface area contributed by atoms with Crippen molar-refractivity contribution in [1.29, 1.82) is 0 Å². The largest absolute Gasteiger partial charge is 0.173 e. The highest BCUT2D eigenvalue weighted by atomic mass is 14.1. The number of allylic oxidation sites excluding steroid dienone is 2. The van der Waals surface area contributed by atoms with Crippen LogP contribution in [0.3, 0.4) is 0 Å². The van der Waals surface area contributed by atoms with Gasteiger partial charge < -0.3 is 0 Å². The van der Waals surface area contributed by atoms with E-state index in [1.807, 2.05) is 0 Å². The maximum absolute atomic E-state index is 2.59. The fourth-order valence-electron chi connectivity index (χ4n) is 4.05. The van der Waals surface area contributed by atoms with Crippen molar-refractivity contribution in [3.63, 3.8) is 0 Å². The second kappa shape index (κ2) is 8.80. The molecule has 2 aromatic carbocycles. The quantitative estimate of drug-likeness (QED) is 0.503. The molecule has 0 amide bonds. The molecule has 2 rings (SSSR count). The minimum atomic E-state index is 0.320. The average molecular weight is 343 g/mol. The summed E-state index contributed by atoms with van der Waals surface area (Å²) >= 11 is 0. The molecular formula is C24H33B2. The summed E-state index contributed by atoms with van der Waals surface area (Å²) < 4.78 is 0. The lowest BCUT2D eigenvalue weighted by Crippen LogP contribution is -2.53. The normalized spacial score (nSPS) is 12.0. The average Bonchev–Trinajstić information content (AvgIpc) is 2.52. The van der Waals surface area contributed by atoms with Gasteiger partial charge in [-0.1, -0.05) is 101 Å². The lowest BCUT2D eigenvalue weighted by atomic mass is 9.12. The van der Waals surface area contributed by atoms with Gasteiger partial charge in [-0.25, -0.2) is 0 Å². The number of hydrogen-bond donors (Lipinski definition) is 0. The van der Waals surface area contributed by atoms with Gasteiger partial charge in [0, 0.05) is 0 Å². The number of hydrogen-bond acceptors (Lipinski definition) is 0. The zero-order valence-electron chi connectivity index (χ0n) is 17.9. The number of rotatable bonds is 6. The molecule has 135 valence electrons. The predicted octanol–water partition coefficient (Wildman–Crippen LogP) is 5.14. The van der Waals surface area contributed by atoms with Crippen LogP contribution in [0.5, 0.6) is 0 Å². The van der Waals surface area contributed by atoms with Crippen LogP contribution in [-0.2, 0) is 0 Å². The highest BCUT2D eigenvalue weighted by Crippen LogP contribution is 2.22. The molecule has 0 N–H and O–H groups in total. The Hall–Kier alpha value is -1.69. The molecule has 0 aliphatic carbocycles. The first-order valence-corrected chi connectivity index (χ1v) is 9.84. The molecule has 2 heteroatoms. The predicted molar refractivity (Wildman–Crippen MR) is 121 cm³/mol. The van der Waals surface area contributed by atoms with Gasteiger partial charge in [0.1, 0.15) is 0 Å². The van der Waals surface area contributed by atoms with E-state index in [9.17, 15) is 0 Å². The fourth-order valence-corrected chi connectivity index (χ4v) is 4.05. The van der Waals surface area contributed by atoms with Gasteiger partial charge in [-0.2, -0.15) is 0 Å². The molecule has 0 fully saturated rings. The minimum absolute atomic E-state index is 0.320. The minimum Gasteiger partial charge on any atom is -0.0911 e. The summed E-state index contributed by atoms with van der Waals surface area (Å²) in [7, 11) is 2.59. The SMILES string of the molecule is CC(C)=CC([B]B(c1c(C)cccc1C)c1c(C)cccc1C)C(C)C. The lowest BCUT2D eigenvalue weighted by Gasteiger charge is -2.27. The summed E-state index contributed by atoms with van der Waals surface area (Å²) in [6.45, 7) is 18.4. The maximum Gasteiger partial charge on any atom is 0.173 e. The van der Waals surface area contributed by atoms with Crippen molar-refractivity contribution < 1.29 is 0 Å². The summed E-state index contributed by atoms with van der Waals surface area (Å²) in [5.74, 6) is 1.05. The topological polar surface area (TPSA) is 0 Å². The van der Waals surface area contributed by atoms with Gasteiger partial charge in [0.25, 0.3) is 0 Å². The molecule has 0 nitrogen and oxygen atoms in total. The van der Waals surface area contributed by atoms with E-state index >= 15 is 0 Å². The van der Waals surface area contributed by atoms with Crippen LogP contribution >= 0.6 is 0 Å². The monoisotopic (exact) mass is 343 g/mol. The van der Waals surface area contributed by atoms with E-state index in [0.29, 0.717) is 18.3 Å². The third kappa shape index (κ3) is 4.72. The maximum atomic E-state index is 2.59. The zero-order valence-corrected chi connectivity index (χ0v) is 17.9. The van der Waals surface area contributed by atoms with Crippen molar-refractivity contribution in [1.82, 2.24) is 0 Å². The van der Waals surface area contributed by atoms with Gasteiger partial charge in [-0.3, -0.25) is 0 Å². The van der Waals surface area contributed by atoms with Crippen molar-refractivity contribution in [3.8, 4) is 0 Å². The van der Waals surface area contributed by atoms with E-state index in [1.54, 1.807) is 0 Å². The Morgan fingerprint density at radius 1 is 0.808 bits per heavy atom. The van der Waals surface area contributed by atoms with Crippen molar-refractivity contribution in [2.24, 2.45) is 5.92 Å². The van der Waals surface area contributed by atoms with Crippen molar-refractivity contribution in [2.75, 3.05) is 0 Å². The van der Waals surface area contributed by atoms with E-state index in [4.69, 9.17) is 0 Å². The third-order valence-corrected chi connectivity index (χ3v) is 5.42. The van der Waals surface area contributed by atoms with Crippen LogP contribution in [0, 0.1) is 33.6 Å². The summed E-state index contributed by atoms with van der Waals surface area (Å²) in [5, 5.41) is 0. The van der Waals surface area contributed by atoms with E-state index in [0.717, 1.165) is 0 Å². The Kier molecular flexibility index (Phi) is 6.98. The molecule has 1 radical (unpaired) electrons. The summed E-state index contributed by atoms with van der Waals surface area (Å²) in [4.78, 5) is 0. The smallest absolute Gasteiger partial charge is 0.0911 e. The highest BCUT2D eigenvalue weighted by molar-refractivity contribution is 7.26. The van der Waals surface area contributed by atoms with Gasteiger partial charge in [0.05, 0.1) is 7.17 Å². The van der Waals surface area contributed by atoms with Gasteiger partial charge in [0.15, 0.2) is 6.60 Å². The van der Waals surface area contributed by atoms with Crippen LogP contribution in [0.15, 0.2) is 48.0 Å². The second-order valence-electron chi connectivity index (χ2n) is 8.35. The molecule has 0 aliphatic heterocycles. The molecular weight excluding hydrogens is 310 g/mol. The standard InChI is InChI=1S/C24H33B2/c1-16(2)15-22(17(3)4)25-26(23-18(5)11-9-12-19(23)6)24-20(7)13-10-14-21(24)8/h9-15,17,22H,1-8H3. The van der Waals surface area contributed by atoms with Crippen LogP contribution in [0.1, 0.15) is 49.9 Å². The van der Waals surface area contributed by atoms with E-state index in [1.165, 1.54) is 38.8 Å². The lowest BCUT2D eigenvalue weighted by molar-refractivity contribution is 0.658. The summed E-state index contributed by atoms with van der Waals surface area (Å²) in [6.07, 6.45) is 2.43. The number of benzene rings is 2. The zero-order chi connectivity index (χ0) is 19.4. The van der Waals surface area contributed by atoms with Crippen LogP contribution in [0.4, 0.5) is 0 Å². The molecule has 1 unspecified atom stereocenters. The van der Waals surface area contributed by atoms with Crippen molar-refractivity contribution in [2.45, 2.75) is 61.2 Å². The molecule has 2 aromatic rings. The van der Waals surface area contributed by atoms with E-state index in [2.05, 4.69) is 105 Å². The van der Waals surface area contributed by atoms with Gasteiger partial charge in [-0.05, 0) is 47.5 Å². The second-order valence-corrected chi connectivity index (χ2v) is 8.35. The Morgan fingerprint density at radius 3 is 1.50 bits per heavy atom. The molecule has 0 aliphatic rings. The van der Waals surface area contributed by atoms with Crippen molar-refractivity contribution in [3.05, 3.63) is 70.3 Å². The first-order chi connectivity index (χ1) is 12.2. The van der Waals surface area contributed by atoms with Gasteiger partial charge in [0.2, 0.25) is 0 Å². The Morgan fingerprint density at radius 2 is 1.19 bits per heavy atom. The van der Waals surface area contributed by atoms with Crippen LogP contribution in [-0.4, -0.2) is 13.8 Å². The van der Waals surface area contributed by atoms with E-state index in [-0.39, 0.29) is 0 Å². The highest BCUT2D eigenvalue weighted by Gasteiger charge is 2.29. The molecule has 0 spiro atoms.